The van der Waals surface area contributed by atoms with Crippen LogP contribution < -0.4 is 0 Å². The van der Waals surface area contributed by atoms with Gasteiger partial charge in [0.05, 0.1) is 66.2 Å². The van der Waals surface area contributed by atoms with Gasteiger partial charge >= 0.3 is 0 Å². The SMILES string of the molecule is c1ccc(-c2ccc3c(c2)c2ncc(-c4ccc5cc(-c6ccc7cc(-c8ccc9c(c8)c8ncc(-c%10ccc%11ccc(-c%12c%13ccccc%13c(-c%13ccc%14c(c%13)c%13ncccc%13c%13nc%15ccccc%15n%14%13)c%13ccccc%12%13)cc%11c%10)cc8c8nc%10ccccc%10n98)ccc7c6)ccc5c4)cc2c2nc4ccccc4n32)cc1. The summed E-state index contributed by atoms with van der Waals surface area (Å²) in [5.41, 5.74) is 30.7. The van der Waals surface area contributed by atoms with E-state index in [9.17, 15) is 0 Å². The van der Waals surface area contributed by atoms with E-state index in [4.69, 9.17) is 29.9 Å². The van der Waals surface area contributed by atoms with Gasteiger partial charge in [0, 0.05) is 62.0 Å². The number of hydrogen-bond donors (Lipinski definition) is 0. The van der Waals surface area contributed by atoms with Gasteiger partial charge in [0.15, 0.2) is 0 Å². The van der Waals surface area contributed by atoms with Crippen molar-refractivity contribution in [3.8, 4) is 77.9 Å². The van der Waals surface area contributed by atoms with E-state index in [1.807, 2.05) is 18.5 Å². The van der Waals surface area contributed by atoms with Crippen LogP contribution in [0.5, 0.6) is 0 Å². The Morgan fingerprint density at radius 1 is 0.177 bits per heavy atom. The first kappa shape index (κ1) is 61.7. The molecular formula is C104H59N9. The van der Waals surface area contributed by atoms with Crippen molar-refractivity contribution in [2.24, 2.45) is 0 Å². The van der Waals surface area contributed by atoms with Crippen molar-refractivity contribution in [1.82, 2.24) is 43.1 Å². The third kappa shape index (κ3) is 9.28. The minimum atomic E-state index is 0.883. The van der Waals surface area contributed by atoms with Crippen LogP contribution in [-0.2, 0) is 0 Å². The molecule has 0 unspecified atom stereocenters. The van der Waals surface area contributed by atoms with Gasteiger partial charge in [-0.25, -0.2) is 15.0 Å². The van der Waals surface area contributed by atoms with E-state index in [-0.39, 0.29) is 0 Å². The van der Waals surface area contributed by atoms with Gasteiger partial charge in [0.1, 0.15) is 16.9 Å². The average Bonchev–Trinajstić information content (AvgIpc) is 1.68. The molecule has 0 fully saturated rings. The van der Waals surface area contributed by atoms with E-state index < -0.39 is 0 Å². The predicted octanol–water partition coefficient (Wildman–Crippen LogP) is 26.6. The highest BCUT2D eigenvalue weighted by atomic mass is 15.0. The maximum Gasteiger partial charge on any atom is 0.147 e. The molecule has 0 radical (unpaired) electrons. The van der Waals surface area contributed by atoms with E-state index in [0.717, 1.165) is 171 Å². The molecule has 0 saturated carbocycles. The molecule has 113 heavy (non-hydrogen) atoms. The van der Waals surface area contributed by atoms with Gasteiger partial charge in [-0.2, -0.15) is 0 Å². The summed E-state index contributed by atoms with van der Waals surface area (Å²) >= 11 is 0. The number of rotatable bonds is 7. The first-order valence-electron chi connectivity index (χ1n) is 38.4. The first-order chi connectivity index (χ1) is 56.0. The van der Waals surface area contributed by atoms with Crippen LogP contribution in [0.3, 0.4) is 0 Å². The third-order valence-corrected chi connectivity index (χ3v) is 23.9. The second-order valence-electron chi connectivity index (χ2n) is 30.2. The predicted molar refractivity (Wildman–Crippen MR) is 469 cm³/mol. The summed E-state index contributed by atoms with van der Waals surface area (Å²) < 4.78 is 6.93. The molecule has 0 amide bonds. The van der Waals surface area contributed by atoms with E-state index in [1.54, 1.807) is 0 Å². The van der Waals surface area contributed by atoms with Gasteiger partial charge in [0.2, 0.25) is 0 Å². The zero-order valence-corrected chi connectivity index (χ0v) is 60.6. The highest BCUT2D eigenvalue weighted by molar-refractivity contribution is 6.24. The Labute approximate surface area is 644 Å². The lowest BCUT2D eigenvalue weighted by molar-refractivity contribution is 1.30. The molecule has 520 valence electrons. The second-order valence-corrected chi connectivity index (χ2v) is 30.2. The Balaban J connectivity index is 0.546. The standard InChI is InChI=1S/C104H59N9/c1-2-15-60(16-3-1)71-40-43-91-83(53-71)100-86(103-109-89-23-9-12-26-95(89)112(91)103)56-76(58-106-100)69-38-37-66-48-63(33-34-67(66)50-69)62-31-32-65-49-68(36-35-64(65)47-62)72-41-44-92-84(54-72)101-87(104-110-90-24-10-13-27-96(90)113(92)104)57-77(59-107-101)70-30-28-61-29-39-73(52-75(61)51-70)97-78-17-4-6-19-80(78)98(81-20-7-5-18-79(81)97)74-42-45-93-85(55-74)99-82(21-14-46-105-99)102-108-88-22-8-11-25-94(88)111(93)102/h1-59H. The normalized spacial score (nSPS) is 12.2. The van der Waals surface area contributed by atoms with Gasteiger partial charge in [0.25, 0.3) is 0 Å². The van der Waals surface area contributed by atoms with Crippen LogP contribution in [0.2, 0.25) is 0 Å². The molecule has 25 aromatic rings. The largest absolute Gasteiger partial charge is 0.292 e. The number of fused-ring (bicyclic) bond motifs is 29. The molecule has 0 bridgehead atoms. The number of nitrogens with zero attached hydrogens (tertiary/aromatic N) is 9. The lowest BCUT2D eigenvalue weighted by Crippen LogP contribution is -1.95. The van der Waals surface area contributed by atoms with Crippen LogP contribution in [0.15, 0.2) is 358 Å². The minimum Gasteiger partial charge on any atom is -0.292 e. The number of para-hydroxylation sites is 6. The smallest absolute Gasteiger partial charge is 0.147 e. The number of benzene rings is 16. The van der Waals surface area contributed by atoms with Gasteiger partial charge < -0.3 is 0 Å². The van der Waals surface area contributed by atoms with Gasteiger partial charge in [-0.3, -0.25) is 28.2 Å². The molecule has 0 aliphatic carbocycles. The van der Waals surface area contributed by atoms with Gasteiger partial charge in [-0.1, -0.05) is 206 Å². The van der Waals surface area contributed by atoms with E-state index in [2.05, 4.69) is 353 Å². The maximum absolute atomic E-state index is 5.44. The molecular weight excluding hydrogens is 1380 g/mol. The molecule has 16 aromatic carbocycles. The highest BCUT2D eigenvalue weighted by Gasteiger charge is 2.24. The van der Waals surface area contributed by atoms with Gasteiger partial charge in [-0.15, -0.1) is 0 Å². The van der Waals surface area contributed by atoms with Crippen LogP contribution in [0.1, 0.15) is 0 Å². The monoisotopic (exact) mass is 1430 g/mol. The van der Waals surface area contributed by atoms with Crippen molar-refractivity contribution in [3.05, 3.63) is 358 Å². The summed E-state index contributed by atoms with van der Waals surface area (Å²) in [5.74, 6) is 0. The Kier molecular flexibility index (Phi) is 12.9. The number of pyridine rings is 6. The first-order valence-corrected chi connectivity index (χ1v) is 38.4. The summed E-state index contributed by atoms with van der Waals surface area (Å²) in [5, 5.41) is 18.1. The van der Waals surface area contributed by atoms with Crippen molar-refractivity contribution in [2.45, 2.75) is 0 Å². The molecule has 9 aromatic heterocycles. The third-order valence-electron chi connectivity index (χ3n) is 23.9. The molecule has 0 aliphatic rings. The summed E-state index contributed by atoms with van der Waals surface area (Å²) in [6, 6.07) is 124. The molecule has 0 aliphatic heterocycles. The number of hydrogen-bond acceptors (Lipinski definition) is 6. The quantitative estimate of drug-likeness (QED) is 0.117. The number of imidazole rings is 3. The summed E-state index contributed by atoms with van der Waals surface area (Å²) in [6.45, 7) is 0. The van der Waals surface area contributed by atoms with Crippen LogP contribution in [0, 0.1) is 0 Å². The Hall–Kier alpha value is -15.3. The van der Waals surface area contributed by atoms with Crippen molar-refractivity contribution >= 4 is 169 Å². The van der Waals surface area contributed by atoms with Crippen molar-refractivity contribution in [1.29, 1.82) is 0 Å². The molecule has 0 saturated heterocycles. The fourth-order valence-corrected chi connectivity index (χ4v) is 18.6. The molecule has 0 N–H and O–H groups in total. The summed E-state index contributed by atoms with van der Waals surface area (Å²) in [7, 11) is 0. The zero-order valence-electron chi connectivity index (χ0n) is 60.6. The second kappa shape index (κ2) is 23.6. The topological polar surface area (TPSA) is 90.6 Å². The van der Waals surface area contributed by atoms with Crippen LogP contribution in [0.25, 0.3) is 247 Å². The molecule has 9 heterocycles. The van der Waals surface area contributed by atoms with Crippen molar-refractivity contribution in [3.63, 3.8) is 0 Å². The average molecular weight is 1430 g/mol. The maximum atomic E-state index is 5.44. The summed E-state index contributed by atoms with van der Waals surface area (Å²) in [4.78, 5) is 31.5. The fourth-order valence-electron chi connectivity index (χ4n) is 18.6. The zero-order chi connectivity index (χ0) is 73.7. The Morgan fingerprint density at radius 3 is 0.956 bits per heavy atom. The van der Waals surface area contributed by atoms with E-state index in [1.165, 1.54) is 76.3 Å². The Bertz CT molecular complexity index is 8470. The molecule has 0 spiro atoms. The highest BCUT2D eigenvalue weighted by Crippen LogP contribution is 2.47. The minimum absolute atomic E-state index is 0.883. The van der Waals surface area contributed by atoms with Crippen LogP contribution in [-0.4, -0.2) is 43.1 Å². The Morgan fingerprint density at radius 2 is 0.487 bits per heavy atom. The lowest BCUT2D eigenvalue weighted by Gasteiger charge is -2.19. The fraction of sp³-hybridized carbons (Fsp3) is 0. The molecule has 9 heteroatoms. The molecule has 9 nitrogen and oxygen atoms in total. The van der Waals surface area contributed by atoms with Crippen LogP contribution in [0.4, 0.5) is 0 Å². The molecule has 0 atom stereocenters. The number of aromatic nitrogens is 9. The van der Waals surface area contributed by atoms with E-state index in [0.29, 0.717) is 0 Å². The summed E-state index contributed by atoms with van der Waals surface area (Å²) in [6.07, 6.45) is 5.97. The van der Waals surface area contributed by atoms with E-state index >= 15 is 0 Å². The lowest BCUT2D eigenvalue weighted by atomic mass is 9.85. The van der Waals surface area contributed by atoms with Crippen molar-refractivity contribution in [2.75, 3.05) is 0 Å². The van der Waals surface area contributed by atoms with Crippen LogP contribution >= 0.6 is 0 Å². The molecule has 25 rings (SSSR count). The van der Waals surface area contributed by atoms with Gasteiger partial charge in [-0.05, 0) is 254 Å². The van der Waals surface area contributed by atoms with Crippen molar-refractivity contribution < 1.29 is 0 Å².